The Morgan fingerprint density at radius 1 is 1.09 bits per heavy atom. The second-order valence-electron chi connectivity index (χ2n) is 4.46. The summed E-state index contributed by atoms with van der Waals surface area (Å²) in [6, 6.07) is 0. The molecule has 0 saturated carbocycles. The third-order valence-corrected chi connectivity index (χ3v) is 3.28. The highest BCUT2D eigenvalue weighted by Crippen LogP contribution is 2.13. The highest BCUT2D eigenvalue weighted by Gasteiger charge is 2.17. The standard InChI is InChI=1S/C14H17O8P/c1-8(2)12(16)20-11(15)7-23(19)6-10(5)14(18)22-21-13(17)9(3)4/h11,15H,1,3,7H2,2,4-5H3. The molecule has 0 heterocycles. The molecule has 0 aromatic heterocycles. The van der Waals surface area contributed by atoms with Crippen LogP contribution < -0.4 is 4.89 Å². The first kappa shape index (κ1) is 20.8. The maximum absolute atomic E-state index is 11.7. The van der Waals surface area contributed by atoms with Gasteiger partial charge in [0.2, 0.25) is 6.29 Å². The molecule has 2 atom stereocenters. The molecule has 0 aliphatic carbocycles. The van der Waals surface area contributed by atoms with Crippen LogP contribution in [0, 0.1) is 0 Å². The molecule has 0 saturated heterocycles. The topological polar surface area (TPSA) is 122 Å². The molecular weight excluding hydrogens is 327 g/mol. The Labute approximate surface area is 134 Å². The van der Waals surface area contributed by atoms with Crippen molar-refractivity contribution < 1.29 is 38.9 Å². The van der Waals surface area contributed by atoms with Crippen LogP contribution >= 0.6 is 7.77 Å². The Balaban J connectivity index is 4.71. The highest BCUT2D eigenvalue weighted by molar-refractivity contribution is 7.49. The molecule has 2 unspecified atom stereocenters. The molecule has 0 aromatic carbocycles. The first-order valence-electron chi connectivity index (χ1n) is 6.22. The van der Waals surface area contributed by atoms with Gasteiger partial charge in [-0.15, -0.1) is 0 Å². The van der Waals surface area contributed by atoms with Crippen LogP contribution in [0.25, 0.3) is 0 Å². The van der Waals surface area contributed by atoms with E-state index in [1.165, 1.54) is 20.8 Å². The molecule has 0 bridgehead atoms. The maximum atomic E-state index is 11.7. The van der Waals surface area contributed by atoms with Crippen molar-refractivity contribution in [1.82, 2.24) is 0 Å². The van der Waals surface area contributed by atoms with Crippen molar-refractivity contribution in [1.29, 1.82) is 0 Å². The molecule has 0 rings (SSSR count). The Kier molecular flexibility index (Phi) is 8.77. The fourth-order valence-corrected chi connectivity index (χ4v) is 1.81. The van der Waals surface area contributed by atoms with Gasteiger partial charge < -0.3 is 14.7 Å². The van der Waals surface area contributed by atoms with Crippen LogP contribution in [0.1, 0.15) is 20.8 Å². The zero-order valence-corrected chi connectivity index (χ0v) is 13.8. The lowest BCUT2D eigenvalue weighted by Crippen LogP contribution is -2.21. The summed E-state index contributed by atoms with van der Waals surface area (Å²) in [6.45, 7) is 10.6. The van der Waals surface area contributed by atoms with Crippen molar-refractivity contribution in [2.24, 2.45) is 0 Å². The van der Waals surface area contributed by atoms with Crippen molar-refractivity contribution in [2.75, 3.05) is 6.16 Å². The predicted octanol–water partition coefficient (Wildman–Crippen LogP) is 0.106. The minimum absolute atomic E-state index is 0.0249. The summed E-state index contributed by atoms with van der Waals surface area (Å²) in [4.78, 5) is 53.6. The Bertz CT molecular complexity index is 598. The molecular formula is C14H17O8P. The Morgan fingerprint density at radius 3 is 2.04 bits per heavy atom. The molecule has 0 aliphatic heterocycles. The lowest BCUT2D eigenvalue weighted by Gasteiger charge is -2.08. The summed E-state index contributed by atoms with van der Waals surface area (Å²) in [5.41, 5.74) is 2.09. The Morgan fingerprint density at radius 2 is 1.57 bits per heavy atom. The first-order valence-corrected chi connectivity index (χ1v) is 7.67. The van der Waals surface area contributed by atoms with Crippen molar-refractivity contribution >= 4 is 31.1 Å². The van der Waals surface area contributed by atoms with E-state index in [0.717, 1.165) is 0 Å². The molecule has 0 aromatic rings. The van der Waals surface area contributed by atoms with Gasteiger partial charge in [-0.3, -0.25) is 0 Å². The SMILES string of the molecule is C=C(C)C(=O)OOC(=O)C(C)=C=[P+]([O-])CC(O)OC(=O)C(=C)C. The first-order chi connectivity index (χ1) is 10.5. The molecule has 126 valence electrons. The van der Waals surface area contributed by atoms with E-state index in [0.29, 0.717) is 0 Å². The van der Waals surface area contributed by atoms with E-state index in [1.54, 1.807) is 0 Å². The van der Waals surface area contributed by atoms with Crippen LogP contribution in [0.2, 0.25) is 0 Å². The van der Waals surface area contributed by atoms with E-state index < -0.39 is 38.1 Å². The number of carbonyl (C=O) groups excluding carboxylic acids is 3. The van der Waals surface area contributed by atoms with Crippen molar-refractivity contribution in [3.63, 3.8) is 0 Å². The average Bonchev–Trinajstić information content (AvgIpc) is 2.43. The summed E-state index contributed by atoms with van der Waals surface area (Å²) >= 11 is 0. The largest absolute Gasteiger partial charge is 0.623 e. The second-order valence-corrected chi connectivity index (χ2v) is 5.81. The quantitative estimate of drug-likeness (QED) is 0.180. The molecule has 1 N–H and O–H groups in total. The van der Waals surface area contributed by atoms with Gasteiger partial charge in [-0.1, -0.05) is 13.2 Å². The molecule has 23 heavy (non-hydrogen) atoms. The lowest BCUT2D eigenvalue weighted by molar-refractivity contribution is -0.252. The van der Waals surface area contributed by atoms with Crippen molar-refractivity contribution in [2.45, 2.75) is 27.1 Å². The maximum Gasteiger partial charge on any atom is 0.393 e. The van der Waals surface area contributed by atoms with Crippen molar-refractivity contribution in [3.8, 4) is 0 Å². The zero-order chi connectivity index (χ0) is 18.2. The average molecular weight is 344 g/mol. The zero-order valence-electron chi connectivity index (χ0n) is 13.0. The molecule has 0 aliphatic rings. The van der Waals surface area contributed by atoms with Gasteiger partial charge in [-0.2, -0.15) is 0 Å². The van der Waals surface area contributed by atoms with Crippen LogP contribution in [0.4, 0.5) is 0 Å². The minimum Gasteiger partial charge on any atom is -0.623 e. The van der Waals surface area contributed by atoms with Gasteiger partial charge >= 0.3 is 17.9 Å². The number of hydrogen-bond donors (Lipinski definition) is 1. The molecule has 0 amide bonds. The van der Waals surface area contributed by atoms with Gasteiger partial charge in [0.25, 0.3) is 0 Å². The van der Waals surface area contributed by atoms with E-state index in [4.69, 9.17) is 0 Å². The predicted molar refractivity (Wildman–Crippen MR) is 79.9 cm³/mol. The minimum atomic E-state index is -2.33. The van der Waals surface area contributed by atoms with Gasteiger partial charge in [0.15, 0.2) is 6.16 Å². The number of carbonyl (C=O) groups is 3. The number of rotatable bonds is 6. The van der Waals surface area contributed by atoms with E-state index >= 15 is 0 Å². The van der Waals surface area contributed by atoms with Gasteiger partial charge in [0.1, 0.15) is 13.3 Å². The van der Waals surface area contributed by atoms with Crippen LogP contribution in [0.5, 0.6) is 0 Å². The molecule has 0 spiro atoms. The summed E-state index contributed by atoms with van der Waals surface area (Å²) in [7, 11) is -2.33. The summed E-state index contributed by atoms with van der Waals surface area (Å²) in [6.07, 6.45) is -2.11. The van der Waals surface area contributed by atoms with Gasteiger partial charge in [0, 0.05) is 11.1 Å². The number of aliphatic hydroxyl groups is 1. The van der Waals surface area contributed by atoms with E-state index in [1.807, 2.05) is 0 Å². The number of ether oxygens (including phenoxy) is 1. The van der Waals surface area contributed by atoms with Gasteiger partial charge in [0.05, 0.1) is 5.45 Å². The summed E-state index contributed by atoms with van der Waals surface area (Å²) in [5, 5.41) is 9.42. The number of esters is 1. The molecule has 8 nitrogen and oxygen atoms in total. The van der Waals surface area contributed by atoms with E-state index in [2.05, 4.69) is 33.1 Å². The smallest absolute Gasteiger partial charge is 0.393 e. The third-order valence-electron chi connectivity index (χ3n) is 2.05. The van der Waals surface area contributed by atoms with Crippen LogP contribution in [0.3, 0.4) is 0 Å². The van der Waals surface area contributed by atoms with E-state index in [-0.39, 0.29) is 16.7 Å². The summed E-state index contributed by atoms with van der Waals surface area (Å²) in [5.74, 6) is -2.86. The third kappa shape index (κ3) is 8.70. The van der Waals surface area contributed by atoms with Crippen LogP contribution in [0.15, 0.2) is 29.9 Å². The molecule has 9 heteroatoms. The monoisotopic (exact) mass is 344 g/mol. The number of hydrogen-bond acceptors (Lipinski definition) is 8. The number of aliphatic hydroxyl groups excluding tert-OH is 1. The lowest BCUT2D eigenvalue weighted by atomic mass is 10.4. The van der Waals surface area contributed by atoms with Crippen molar-refractivity contribution in [3.05, 3.63) is 29.9 Å². The fraction of sp³-hybridized carbons (Fsp3) is 0.357. The van der Waals surface area contributed by atoms with Crippen LogP contribution in [-0.2, 0) is 28.9 Å². The second kappa shape index (κ2) is 9.71. The fourth-order valence-electron chi connectivity index (χ4n) is 0.891. The summed E-state index contributed by atoms with van der Waals surface area (Å²) < 4.78 is 4.52. The molecule has 0 fully saturated rings. The van der Waals surface area contributed by atoms with E-state index in [9.17, 15) is 24.4 Å². The van der Waals surface area contributed by atoms with Gasteiger partial charge in [-0.05, 0) is 20.8 Å². The van der Waals surface area contributed by atoms with Crippen LogP contribution in [-0.4, -0.2) is 40.9 Å². The Hall–Kier alpha value is -2.24. The highest BCUT2D eigenvalue weighted by atomic mass is 31.1. The molecule has 0 radical (unpaired) electrons. The van der Waals surface area contributed by atoms with Gasteiger partial charge in [-0.25, -0.2) is 24.2 Å². The normalized spacial score (nSPS) is 11.4.